The highest BCUT2D eigenvalue weighted by atomic mass is 16.6. The standard InChI is InChI=1S/C30H34N4O4/c1-20(34-18-17-30(38-28(34)36,19-29(2,3)37)23-7-5-4-6-8-23)21-9-11-22(12-10-21)25-15-16-26(33-32-25)27(35)31-24-13-14-24/h4-12,15-16,20,24,37H,13-14,17-19H2,1-3H3,(H,31,35)/t20-,30?/m0/s1. The minimum Gasteiger partial charge on any atom is -0.438 e. The van der Waals surface area contributed by atoms with Crippen molar-refractivity contribution in [3.05, 3.63) is 83.6 Å². The molecule has 3 aromatic rings. The molecule has 38 heavy (non-hydrogen) atoms. The molecule has 0 radical (unpaired) electrons. The van der Waals surface area contributed by atoms with Gasteiger partial charge in [-0.05, 0) is 56.9 Å². The van der Waals surface area contributed by atoms with Crippen LogP contribution in [0.15, 0.2) is 66.7 Å². The number of nitrogens with zero attached hydrogens (tertiary/aromatic N) is 3. The van der Waals surface area contributed by atoms with Gasteiger partial charge in [0.05, 0.1) is 17.3 Å². The molecule has 2 amide bonds. The number of hydrogen-bond acceptors (Lipinski definition) is 6. The highest BCUT2D eigenvalue weighted by Gasteiger charge is 2.46. The van der Waals surface area contributed by atoms with Crippen molar-refractivity contribution in [2.24, 2.45) is 0 Å². The van der Waals surface area contributed by atoms with Gasteiger partial charge in [0.25, 0.3) is 5.91 Å². The average molecular weight is 515 g/mol. The molecule has 2 atom stereocenters. The monoisotopic (exact) mass is 514 g/mol. The molecule has 2 fully saturated rings. The van der Waals surface area contributed by atoms with E-state index in [0.717, 1.165) is 29.5 Å². The second-order valence-corrected chi connectivity index (χ2v) is 11.0. The van der Waals surface area contributed by atoms with Crippen molar-refractivity contribution in [1.82, 2.24) is 20.4 Å². The minimum atomic E-state index is -0.998. The van der Waals surface area contributed by atoms with Crippen LogP contribution in [0, 0.1) is 0 Å². The minimum absolute atomic E-state index is 0.192. The van der Waals surface area contributed by atoms with Gasteiger partial charge in [0.15, 0.2) is 5.69 Å². The van der Waals surface area contributed by atoms with E-state index in [-0.39, 0.29) is 18.0 Å². The number of carbonyl (C=O) groups excluding carboxylic acids is 2. The van der Waals surface area contributed by atoms with E-state index < -0.39 is 17.3 Å². The number of aromatic nitrogens is 2. The van der Waals surface area contributed by atoms with Crippen molar-refractivity contribution in [1.29, 1.82) is 0 Å². The molecule has 5 rings (SSSR count). The largest absolute Gasteiger partial charge is 0.438 e. The first-order valence-corrected chi connectivity index (χ1v) is 13.2. The summed E-state index contributed by atoms with van der Waals surface area (Å²) in [6.07, 6.45) is 2.53. The average Bonchev–Trinajstić information content (AvgIpc) is 3.72. The van der Waals surface area contributed by atoms with Crippen molar-refractivity contribution < 1.29 is 19.4 Å². The molecule has 2 aliphatic rings. The summed E-state index contributed by atoms with van der Waals surface area (Å²) in [5.41, 5.74) is 1.84. The second-order valence-electron chi connectivity index (χ2n) is 11.0. The topological polar surface area (TPSA) is 105 Å². The maximum atomic E-state index is 13.3. The molecule has 198 valence electrons. The van der Waals surface area contributed by atoms with Crippen LogP contribution in [0.4, 0.5) is 4.79 Å². The summed E-state index contributed by atoms with van der Waals surface area (Å²) in [5, 5.41) is 21.8. The number of aliphatic hydroxyl groups is 1. The zero-order valence-electron chi connectivity index (χ0n) is 22.1. The van der Waals surface area contributed by atoms with E-state index in [9.17, 15) is 14.7 Å². The highest BCUT2D eigenvalue weighted by molar-refractivity contribution is 5.92. The maximum absolute atomic E-state index is 13.3. The third-order valence-corrected chi connectivity index (χ3v) is 7.26. The van der Waals surface area contributed by atoms with E-state index in [4.69, 9.17) is 4.74 Å². The summed E-state index contributed by atoms with van der Waals surface area (Å²) >= 11 is 0. The molecule has 2 aromatic carbocycles. The van der Waals surface area contributed by atoms with Gasteiger partial charge in [-0.3, -0.25) is 4.79 Å². The van der Waals surface area contributed by atoms with E-state index in [1.165, 1.54) is 0 Å². The molecular weight excluding hydrogens is 480 g/mol. The quantitative estimate of drug-likeness (QED) is 0.439. The SMILES string of the molecule is C[C@@H](c1ccc(-c2ccc(C(=O)NC3CC3)nn2)cc1)N1CCC(CC(C)(C)O)(c2ccccc2)OC1=O. The second kappa shape index (κ2) is 10.2. The number of nitrogens with one attached hydrogen (secondary N) is 1. The number of cyclic esters (lactones) is 1. The predicted octanol–water partition coefficient (Wildman–Crippen LogP) is 5.00. The van der Waals surface area contributed by atoms with Crippen LogP contribution in [-0.2, 0) is 10.3 Å². The summed E-state index contributed by atoms with van der Waals surface area (Å²) < 4.78 is 6.12. The molecule has 8 nitrogen and oxygen atoms in total. The number of carbonyl (C=O) groups is 2. The van der Waals surface area contributed by atoms with Crippen LogP contribution in [-0.4, -0.2) is 50.4 Å². The van der Waals surface area contributed by atoms with Gasteiger partial charge >= 0.3 is 6.09 Å². The fourth-order valence-electron chi connectivity index (χ4n) is 5.10. The first-order chi connectivity index (χ1) is 18.1. The molecule has 1 aliphatic heterocycles. The molecule has 1 aromatic heterocycles. The molecule has 0 bridgehead atoms. The van der Waals surface area contributed by atoms with Crippen LogP contribution < -0.4 is 5.32 Å². The maximum Gasteiger partial charge on any atom is 0.411 e. The third-order valence-electron chi connectivity index (χ3n) is 7.26. The van der Waals surface area contributed by atoms with Crippen LogP contribution >= 0.6 is 0 Å². The molecule has 1 saturated heterocycles. The summed E-state index contributed by atoms with van der Waals surface area (Å²) in [5.74, 6) is -0.192. The van der Waals surface area contributed by atoms with Gasteiger partial charge < -0.3 is 20.1 Å². The van der Waals surface area contributed by atoms with Crippen LogP contribution in [0.3, 0.4) is 0 Å². The van der Waals surface area contributed by atoms with E-state index in [1.807, 2.05) is 61.5 Å². The van der Waals surface area contributed by atoms with Crippen LogP contribution in [0.2, 0.25) is 0 Å². The zero-order valence-corrected chi connectivity index (χ0v) is 22.1. The lowest BCUT2D eigenvalue weighted by atomic mass is 9.80. The zero-order chi connectivity index (χ0) is 26.9. The van der Waals surface area contributed by atoms with Gasteiger partial charge in [-0.15, -0.1) is 10.2 Å². The number of ether oxygens (including phenoxy) is 1. The van der Waals surface area contributed by atoms with Gasteiger partial charge in [-0.1, -0.05) is 54.6 Å². The van der Waals surface area contributed by atoms with Crippen LogP contribution in [0.25, 0.3) is 11.3 Å². The van der Waals surface area contributed by atoms with Gasteiger partial charge in [0, 0.05) is 31.0 Å². The van der Waals surface area contributed by atoms with E-state index in [0.29, 0.717) is 30.8 Å². The summed E-state index contributed by atoms with van der Waals surface area (Å²) in [6.45, 7) is 5.96. The normalized spacial score (nSPS) is 20.5. The Kier molecular flexibility index (Phi) is 6.92. The molecule has 1 aliphatic carbocycles. The van der Waals surface area contributed by atoms with E-state index >= 15 is 0 Å². The number of amides is 2. The fourth-order valence-corrected chi connectivity index (χ4v) is 5.10. The summed E-state index contributed by atoms with van der Waals surface area (Å²) in [6, 6.07) is 21.0. The Hall–Kier alpha value is -3.78. The van der Waals surface area contributed by atoms with Gasteiger partial charge in [0.2, 0.25) is 0 Å². The lowest BCUT2D eigenvalue weighted by molar-refractivity contribution is -0.101. The Balaban J connectivity index is 1.28. The Bertz CT molecular complexity index is 1280. The number of benzene rings is 2. The number of rotatable bonds is 8. The predicted molar refractivity (Wildman–Crippen MR) is 143 cm³/mol. The summed E-state index contributed by atoms with van der Waals surface area (Å²) in [7, 11) is 0. The molecule has 2 N–H and O–H groups in total. The molecular formula is C30H34N4O4. The molecule has 8 heteroatoms. The first kappa shape index (κ1) is 25.9. The molecule has 1 saturated carbocycles. The first-order valence-electron chi connectivity index (χ1n) is 13.2. The van der Waals surface area contributed by atoms with Crippen LogP contribution in [0.5, 0.6) is 0 Å². The molecule has 0 spiro atoms. The Morgan fingerprint density at radius 2 is 1.82 bits per heavy atom. The lowest BCUT2D eigenvalue weighted by Crippen LogP contribution is -2.51. The Morgan fingerprint density at radius 3 is 2.39 bits per heavy atom. The van der Waals surface area contributed by atoms with Crippen molar-refractivity contribution in [2.45, 2.75) is 69.7 Å². The molecule has 2 heterocycles. The van der Waals surface area contributed by atoms with Crippen molar-refractivity contribution in [3.63, 3.8) is 0 Å². The van der Waals surface area contributed by atoms with Gasteiger partial charge in [-0.25, -0.2) is 4.79 Å². The lowest BCUT2D eigenvalue weighted by Gasteiger charge is -2.45. The van der Waals surface area contributed by atoms with Crippen molar-refractivity contribution in [2.75, 3.05) is 6.54 Å². The van der Waals surface area contributed by atoms with Gasteiger partial charge in [-0.2, -0.15) is 0 Å². The van der Waals surface area contributed by atoms with Crippen molar-refractivity contribution in [3.8, 4) is 11.3 Å². The smallest absolute Gasteiger partial charge is 0.411 e. The van der Waals surface area contributed by atoms with Gasteiger partial charge in [0.1, 0.15) is 5.60 Å². The van der Waals surface area contributed by atoms with Crippen LogP contribution in [0.1, 0.15) is 74.1 Å². The van der Waals surface area contributed by atoms with E-state index in [1.54, 1.807) is 30.9 Å². The van der Waals surface area contributed by atoms with Crippen molar-refractivity contribution >= 4 is 12.0 Å². The highest BCUT2D eigenvalue weighted by Crippen LogP contribution is 2.42. The number of hydrogen-bond donors (Lipinski definition) is 2. The fraction of sp³-hybridized carbons (Fsp3) is 0.400. The van der Waals surface area contributed by atoms with E-state index in [2.05, 4.69) is 15.5 Å². The molecule has 1 unspecified atom stereocenters. The Labute approximate surface area is 223 Å². The summed E-state index contributed by atoms with van der Waals surface area (Å²) in [4.78, 5) is 27.2. The third kappa shape index (κ3) is 5.70. The Morgan fingerprint density at radius 1 is 1.11 bits per heavy atom.